The first-order valence-electron chi connectivity index (χ1n) is 8.27. The predicted molar refractivity (Wildman–Crippen MR) is 107 cm³/mol. The largest absolute Gasteiger partial charge is 0.465 e. The minimum absolute atomic E-state index is 0.0415. The molecule has 2 aromatic carbocycles. The summed E-state index contributed by atoms with van der Waals surface area (Å²) in [7, 11) is 0. The van der Waals surface area contributed by atoms with Gasteiger partial charge < -0.3 is 14.9 Å². The fraction of sp³-hybridized carbons (Fsp3) is 0.263. The zero-order valence-electron chi connectivity index (χ0n) is 14.2. The van der Waals surface area contributed by atoms with E-state index in [1.165, 1.54) is 4.90 Å². The number of nitrogens with zero attached hydrogens (tertiary/aromatic N) is 3. The topological polar surface area (TPSA) is 67.6 Å². The molecule has 1 saturated heterocycles. The highest BCUT2D eigenvalue weighted by Gasteiger charge is 2.31. The molecule has 1 N–H and O–H groups in total. The van der Waals surface area contributed by atoms with Crippen molar-refractivity contribution in [2.75, 3.05) is 18.0 Å². The monoisotopic (exact) mass is 423 g/mol. The molecule has 27 heavy (non-hydrogen) atoms. The molecule has 0 aliphatic carbocycles. The Kier molecular flexibility index (Phi) is 6.01. The lowest BCUT2D eigenvalue weighted by atomic mass is 10.1. The molecule has 8 heteroatoms. The summed E-state index contributed by atoms with van der Waals surface area (Å²) in [6.45, 7) is 1.29. The molecule has 5 nitrogen and oxygen atoms in total. The first-order chi connectivity index (χ1) is 12.9. The smallest absolute Gasteiger partial charge is 0.407 e. The van der Waals surface area contributed by atoms with Crippen molar-refractivity contribution in [3.63, 3.8) is 0 Å². The zero-order chi connectivity index (χ0) is 19.6. The summed E-state index contributed by atoms with van der Waals surface area (Å²) >= 11 is 18.7. The van der Waals surface area contributed by atoms with Crippen molar-refractivity contribution in [2.45, 2.75) is 19.0 Å². The number of carboxylic acid groups (broad SMARTS) is 1. The fourth-order valence-electron chi connectivity index (χ4n) is 3.22. The van der Waals surface area contributed by atoms with Crippen molar-refractivity contribution in [3.05, 3.63) is 62.6 Å². The Hall–Kier alpha value is -2.13. The number of amides is 1. The molecule has 1 aliphatic rings. The van der Waals surface area contributed by atoms with Crippen LogP contribution >= 0.6 is 34.8 Å². The van der Waals surface area contributed by atoms with E-state index >= 15 is 0 Å². The lowest BCUT2D eigenvalue weighted by Gasteiger charge is -2.32. The van der Waals surface area contributed by atoms with Gasteiger partial charge in [-0.15, -0.1) is 0 Å². The van der Waals surface area contributed by atoms with Crippen LogP contribution in [0, 0.1) is 11.3 Å². The number of nitriles is 1. The maximum absolute atomic E-state index is 11.3. The number of rotatable bonds is 4. The molecule has 0 saturated carbocycles. The Labute approximate surface area is 172 Å². The molecule has 0 bridgehead atoms. The van der Waals surface area contributed by atoms with Gasteiger partial charge >= 0.3 is 6.09 Å². The molecule has 0 aromatic heterocycles. The first-order valence-corrected chi connectivity index (χ1v) is 9.40. The average Bonchev–Trinajstić information content (AvgIpc) is 3.12. The van der Waals surface area contributed by atoms with E-state index < -0.39 is 6.09 Å². The highest BCUT2D eigenvalue weighted by molar-refractivity contribution is 6.33. The van der Waals surface area contributed by atoms with Crippen molar-refractivity contribution < 1.29 is 9.90 Å². The lowest BCUT2D eigenvalue weighted by Crippen LogP contribution is -2.38. The minimum atomic E-state index is -0.934. The summed E-state index contributed by atoms with van der Waals surface area (Å²) in [5.41, 5.74) is 2.02. The van der Waals surface area contributed by atoms with E-state index in [-0.39, 0.29) is 6.04 Å². The summed E-state index contributed by atoms with van der Waals surface area (Å²) in [4.78, 5) is 14.8. The van der Waals surface area contributed by atoms with Gasteiger partial charge in [-0.1, -0.05) is 34.8 Å². The van der Waals surface area contributed by atoms with Crippen molar-refractivity contribution in [3.8, 4) is 6.07 Å². The quantitative estimate of drug-likeness (QED) is 0.725. The Morgan fingerprint density at radius 2 is 2.00 bits per heavy atom. The first kappa shape index (κ1) is 19.6. The van der Waals surface area contributed by atoms with Crippen LogP contribution < -0.4 is 4.90 Å². The van der Waals surface area contributed by atoms with Crippen molar-refractivity contribution in [2.24, 2.45) is 0 Å². The minimum Gasteiger partial charge on any atom is -0.465 e. The van der Waals surface area contributed by atoms with E-state index in [0.29, 0.717) is 46.7 Å². The maximum Gasteiger partial charge on any atom is 0.407 e. The van der Waals surface area contributed by atoms with Gasteiger partial charge in [0.25, 0.3) is 0 Å². The molecule has 1 atom stereocenters. The molecule has 2 aromatic rings. The van der Waals surface area contributed by atoms with Crippen LogP contribution in [0.15, 0.2) is 36.4 Å². The summed E-state index contributed by atoms with van der Waals surface area (Å²) in [6.07, 6.45) is -0.252. The molecule has 0 spiro atoms. The van der Waals surface area contributed by atoms with Gasteiger partial charge in [0, 0.05) is 41.4 Å². The summed E-state index contributed by atoms with van der Waals surface area (Å²) in [6, 6.07) is 12.5. The maximum atomic E-state index is 11.3. The second-order valence-electron chi connectivity index (χ2n) is 6.31. The van der Waals surface area contributed by atoms with Crippen molar-refractivity contribution >= 4 is 46.6 Å². The molecule has 140 valence electrons. The standard InChI is InChI=1S/C19H16Cl3N3O2/c20-14-2-4-17(21)13(7-14)10-25(16-5-6-24(11-16)19(26)27)15-3-1-12(9-23)18(22)8-15/h1-4,7-8,16H,5-6,10-11H2,(H,26,27)/t16-/m0/s1. The average molecular weight is 425 g/mol. The number of carbonyl (C=O) groups is 1. The second-order valence-corrected chi connectivity index (χ2v) is 7.56. The summed E-state index contributed by atoms with van der Waals surface area (Å²) in [5, 5.41) is 19.9. The number of benzene rings is 2. The van der Waals surface area contributed by atoms with Crippen LogP contribution in [0.4, 0.5) is 10.5 Å². The highest BCUT2D eigenvalue weighted by Crippen LogP contribution is 2.31. The van der Waals surface area contributed by atoms with Gasteiger partial charge in [0.2, 0.25) is 0 Å². The third kappa shape index (κ3) is 4.41. The van der Waals surface area contributed by atoms with Gasteiger partial charge in [-0.2, -0.15) is 5.26 Å². The zero-order valence-corrected chi connectivity index (χ0v) is 16.5. The Bertz CT molecular complexity index is 914. The van der Waals surface area contributed by atoms with E-state index in [1.807, 2.05) is 12.1 Å². The van der Waals surface area contributed by atoms with E-state index in [1.54, 1.807) is 30.3 Å². The van der Waals surface area contributed by atoms with Gasteiger partial charge in [-0.25, -0.2) is 4.79 Å². The predicted octanol–water partition coefficient (Wildman–Crippen LogP) is 5.28. The van der Waals surface area contributed by atoms with Crippen molar-refractivity contribution in [1.29, 1.82) is 5.26 Å². The number of halogens is 3. The molecule has 1 amide bonds. The van der Waals surface area contributed by atoms with Gasteiger partial charge in [0.05, 0.1) is 10.6 Å². The van der Waals surface area contributed by atoms with Gasteiger partial charge in [0.15, 0.2) is 0 Å². The lowest BCUT2D eigenvalue weighted by molar-refractivity contribution is 0.155. The molecule has 1 aliphatic heterocycles. The van der Waals surface area contributed by atoms with E-state index in [4.69, 9.17) is 40.1 Å². The molecule has 0 radical (unpaired) electrons. The highest BCUT2D eigenvalue weighted by atomic mass is 35.5. The van der Waals surface area contributed by atoms with E-state index in [0.717, 1.165) is 11.3 Å². The molecular weight excluding hydrogens is 409 g/mol. The number of hydrogen-bond acceptors (Lipinski definition) is 3. The number of likely N-dealkylation sites (tertiary alicyclic amines) is 1. The molecule has 1 fully saturated rings. The SMILES string of the molecule is N#Cc1ccc(N(Cc2cc(Cl)ccc2Cl)[C@H]2CCN(C(=O)O)C2)cc1Cl. The van der Waals surface area contributed by atoms with Crippen LogP contribution in [0.1, 0.15) is 17.5 Å². The third-order valence-corrected chi connectivity index (χ3v) is 5.54. The van der Waals surface area contributed by atoms with Gasteiger partial charge in [0.1, 0.15) is 6.07 Å². The van der Waals surface area contributed by atoms with Crippen LogP contribution in [-0.2, 0) is 6.54 Å². The Balaban J connectivity index is 1.96. The normalized spacial score (nSPS) is 16.2. The van der Waals surface area contributed by atoms with Crippen LogP contribution in [0.5, 0.6) is 0 Å². The second kappa shape index (κ2) is 8.26. The van der Waals surface area contributed by atoms with Gasteiger partial charge in [-0.05, 0) is 48.4 Å². The van der Waals surface area contributed by atoms with Gasteiger partial charge in [-0.3, -0.25) is 0 Å². The Morgan fingerprint density at radius 1 is 1.22 bits per heavy atom. The van der Waals surface area contributed by atoms with E-state index in [2.05, 4.69) is 4.90 Å². The van der Waals surface area contributed by atoms with Crippen molar-refractivity contribution in [1.82, 2.24) is 4.90 Å². The van der Waals surface area contributed by atoms with E-state index in [9.17, 15) is 9.90 Å². The summed E-state index contributed by atoms with van der Waals surface area (Å²) < 4.78 is 0. The Morgan fingerprint density at radius 3 is 2.63 bits per heavy atom. The number of anilines is 1. The fourth-order valence-corrected chi connectivity index (χ4v) is 3.81. The van der Waals surface area contributed by atoms with Crippen LogP contribution in [0.2, 0.25) is 15.1 Å². The molecular formula is C19H16Cl3N3O2. The molecule has 0 unspecified atom stereocenters. The van der Waals surface area contributed by atoms with Crippen LogP contribution in [-0.4, -0.2) is 35.2 Å². The summed E-state index contributed by atoms with van der Waals surface area (Å²) in [5.74, 6) is 0. The molecule has 3 rings (SSSR count). The van der Waals surface area contributed by atoms with Crippen LogP contribution in [0.3, 0.4) is 0 Å². The van der Waals surface area contributed by atoms with Crippen LogP contribution in [0.25, 0.3) is 0 Å². The number of hydrogen-bond donors (Lipinski definition) is 1. The molecule has 1 heterocycles. The third-order valence-electron chi connectivity index (χ3n) is 4.63.